The van der Waals surface area contributed by atoms with E-state index in [4.69, 9.17) is 9.47 Å². The fourth-order valence-corrected chi connectivity index (χ4v) is 4.98. The van der Waals surface area contributed by atoms with Gasteiger partial charge in [0.1, 0.15) is 6.61 Å². The minimum atomic E-state index is -0.797. The Labute approximate surface area is 295 Å². The molecule has 5 nitrogen and oxygen atoms in total. The van der Waals surface area contributed by atoms with E-state index in [0.717, 1.165) is 77.0 Å². The van der Waals surface area contributed by atoms with Crippen LogP contribution < -0.4 is 0 Å². The van der Waals surface area contributed by atoms with Crippen molar-refractivity contribution < 1.29 is 24.2 Å². The van der Waals surface area contributed by atoms with Crippen LogP contribution in [0.5, 0.6) is 0 Å². The van der Waals surface area contributed by atoms with Gasteiger partial charge in [-0.3, -0.25) is 9.59 Å². The Morgan fingerprint density at radius 2 is 0.833 bits per heavy atom. The van der Waals surface area contributed by atoms with Gasteiger partial charge in [0.05, 0.1) is 6.61 Å². The Morgan fingerprint density at radius 3 is 1.27 bits per heavy atom. The average molecular weight is 669 g/mol. The van der Waals surface area contributed by atoms with Gasteiger partial charge in [-0.15, -0.1) is 0 Å². The molecule has 0 rings (SSSR count). The van der Waals surface area contributed by atoms with Gasteiger partial charge in [-0.25, -0.2) is 0 Å². The summed E-state index contributed by atoms with van der Waals surface area (Å²) in [7, 11) is 0. The third kappa shape index (κ3) is 36.2. The number of esters is 2. The van der Waals surface area contributed by atoms with Crippen LogP contribution in [0.2, 0.25) is 0 Å². The lowest BCUT2D eigenvalue weighted by Gasteiger charge is -2.15. The first-order chi connectivity index (χ1) is 23.6. The quantitative estimate of drug-likeness (QED) is 0.0420. The maximum atomic E-state index is 12.2. The predicted octanol–water partition coefficient (Wildman–Crippen LogP) is 12.2. The van der Waals surface area contributed by atoms with E-state index in [1.165, 1.54) is 64.2 Å². The van der Waals surface area contributed by atoms with E-state index >= 15 is 0 Å². The van der Waals surface area contributed by atoms with Crippen molar-refractivity contribution in [2.75, 3.05) is 13.2 Å². The number of hydrogen-bond acceptors (Lipinski definition) is 5. The molecule has 0 amide bonds. The molecule has 0 aromatic heterocycles. The maximum Gasteiger partial charge on any atom is 0.306 e. The second-order valence-corrected chi connectivity index (χ2v) is 12.6. The first-order valence-corrected chi connectivity index (χ1v) is 19.5. The highest BCUT2D eigenvalue weighted by Gasteiger charge is 2.16. The molecule has 0 radical (unpaired) electrons. The second kappa shape index (κ2) is 38.8. The Hall–Kier alpha value is -2.66. The lowest BCUT2D eigenvalue weighted by molar-refractivity contribution is -0.161. The number of carbonyl (C=O) groups is 2. The van der Waals surface area contributed by atoms with E-state index in [9.17, 15) is 14.7 Å². The number of carbonyl (C=O) groups excluding carboxylic acids is 2. The lowest BCUT2D eigenvalue weighted by Crippen LogP contribution is -2.28. The van der Waals surface area contributed by atoms with Crippen LogP contribution in [0.25, 0.3) is 0 Å². The van der Waals surface area contributed by atoms with Crippen LogP contribution in [0.3, 0.4) is 0 Å². The number of ether oxygens (including phenoxy) is 2. The zero-order valence-electron chi connectivity index (χ0n) is 31.0. The summed E-state index contributed by atoms with van der Waals surface area (Å²) < 4.78 is 10.6. The third-order valence-electron chi connectivity index (χ3n) is 7.97. The molecule has 0 aliphatic carbocycles. The summed E-state index contributed by atoms with van der Waals surface area (Å²) >= 11 is 0. The number of hydrogen-bond donors (Lipinski definition) is 1. The number of rotatable bonds is 34. The highest BCUT2D eigenvalue weighted by molar-refractivity contribution is 5.70. The molecule has 1 atom stereocenters. The topological polar surface area (TPSA) is 72.8 Å². The molecule has 0 heterocycles. The van der Waals surface area contributed by atoms with Gasteiger partial charge in [-0.1, -0.05) is 138 Å². The van der Waals surface area contributed by atoms with Crippen LogP contribution in [0, 0.1) is 0 Å². The van der Waals surface area contributed by atoms with Crippen molar-refractivity contribution in [3.8, 4) is 0 Å². The summed E-state index contributed by atoms with van der Waals surface area (Å²) in [6.45, 7) is 4.03. The highest BCUT2D eigenvalue weighted by atomic mass is 16.6. The summed E-state index contributed by atoms with van der Waals surface area (Å²) in [5.74, 6) is -0.649. The largest absolute Gasteiger partial charge is 0.462 e. The molecule has 5 heteroatoms. The molecule has 0 saturated heterocycles. The Bertz CT molecular complexity index is 895. The van der Waals surface area contributed by atoms with E-state index in [1.807, 2.05) is 0 Å². The summed E-state index contributed by atoms with van der Waals surface area (Å²) in [4.78, 5) is 24.2. The monoisotopic (exact) mass is 669 g/mol. The first-order valence-electron chi connectivity index (χ1n) is 19.5. The number of unbranched alkanes of at least 4 members (excludes halogenated alkanes) is 14. The summed E-state index contributed by atoms with van der Waals surface area (Å²) in [5, 5.41) is 9.54. The van der Waals surface area contributed by atoms with Crippen molar-refractivity contribution in [2.45, 2.75) is 174 Å². The smallest absolute Gasteiger partial charge is 0.306 e. The van der Waals surface area contributed by atoms with Crippen molar-refractivity contribution >= 4 is 11.9 Å². The molecule has 0 fully saturated rings. The standard InChI is InChI=1S/C43H72O5/c1-3-5-7-9-11-13-15-17-19-20-21-22-24-26-28-30-32-34-36-38-43(46)48-41(39-44)40-47-42(45)37-35-33-31-29-27-25-23-18-16-14-12-10-8-6-4-2/h11-14,17-19,21-23,26,28,41,44H,3-10,15-16,20,24-25,27,29-40H2,1-2H3/b13-11-,14-12-,19-17-,22-21-,23-18-,28-26-/t41-/m0/s1. The van der Waals surface area contributed by atoms with E-state index in [2.05, 4.69) is 86.8 Å². The van der Waals surface area contributed by atoms with Gasteiger partial charge in [-0.05, 0) is 89.9 Å². The third-order valence-corrected chi connectivity index (χ3v) is 7.97. The van der Waals surface area contributed by atoms with Crippen LogP contribution in [-0.4, -0.2) is 36.4 Å². The van der Waals surface area contributed by atoms with Gasteiger partial charge in [0.15, 0.2) is 6.10 Å². The lowest BCUT2D eigenvalue weighted by atomic mass is 10.1. The van der Waals surface area contributed by atoms with E-state index in [-0.39, 0.29) is 25.2 Å². The van der Waals surface area contributed by atoms with E-state index < -0.39 is 6.10 Å². The van der Waals surface area contributed by atoms with Gasteiger partial charge in [0, 0.05) is 12.8 Å². The van der Waals surface area contributed by atoms with Gasteiger partial charge >= 0.3 is 11.9 Å². The van der Waals surface area contributed by atoms with Gasteiger partial charge in [-0.2, -0.15) is 0 Å². The molecule has 0 aromatic carbocycles. The molecular formula is C43H72O5. The molecule has 0 aliphatic rings. The van der Waals surface area contributed by atoms with E-state index in [1.54, 1.807) is 0 Å². The summed E-state index contributed by atoms with van der Waals surface area (Å²) in [5.41, 5.74) is 0. The van der Waals surface area contributed by atoms with Crippen molar-refractivity contribution in [1.82, 2.24) is 0 Å². The fraction of sp³-hybridized carbons (Fsp3) is 0.674. The summed E-state index contributed by atoms with van der Waals surface area (Å²) in [6.07, 6.45) is 51.0. The van der Waals surface area contributed by atoms with Crippen LogP contribution in [0.4, 0.5) is 0 Å². The minimum Gasteiger partial charge on any atom is -0.462 e. The molecular weight excluding hydrogens is 596 g/mol. The molecule has 0 spiro atoms. The number of allylic oxidation sites excluding steroid dienone is 12. The molecule has 0 aromatic rings. The van der Waals surface area contributed by atoms with Crippen molar-refractivity contribution in [3.05, 3.63) is 72.9 Å². The highest BCUT2D eigenvalue weighted by Crippen LogP contribution is 2.10. The van der Waals surface area contributed by atoms with Crippen LogP contribution in [-0.2, 0) is 19.1 Å². The van der Waals surface area contributed by atoms with Crippen LogP contribution in [0.1, 0.15) is 168 Å². The molecule has 0 bridgehead atoms. The average Bonchev–Trinajstić information content (AvgIpc) is 3.09. The first kappa shape index (κ1) is 45.3. The number of aliphatic hydroxyl groups is 1. The zero-order valence-corrected chi connectivity index (χ0v) is 31.0. The second-order valence-electron chi connectivity index (χ2n) is 12.6. The predicted molar refractivity (Wildman–Crippen MR) is 205 cm³/mol. The fourth-order valence-electron chi connectivity index (χ4n) is 4.98. The van der Waals surface area contributed by atoms with E-state index in [0.29, 0.717) is 12.8 Å². The van der Waals surface area contributed by atoms with Crippen molar-refractivity contribution in [1.29, 1.82) is 0 Å². The van der Waals surface area contributed by atoms with Gasteiger partial charge < -0.3 is 14.6 Å². The Morgan fingerprint density at radius 1 is 0.479 bits per heavy atom. The molecule has 0 saturated carbocycles. The molecule has 0 unspecified atom stereocenters. The van der Waals surface area contributed by atoms with Crippen molar-refractivity contribution in [2.24, 2.45) is 0 Å². The minimum absolute atomic E-state index is 0.0899. The SMILES string of the molecule is CCCCC/C=C\C/C=C\C/C=C\C/C=C\CCCCCC(=O)O[C@@H](CO)COC(=O)CCCCCCC/C=C\C/C=C\CCCCC. The number of aliphatic hydroxyl groups excluding tert-OH is 1. The zero-order chi connectivity index (χ0) is 35.0. The Balaban J connectivity index is 3.69. The maximum absolute atomic E-state index is 12.2. The van der Waals surface area contributed by atoms with Crippen LogP contribution in [0.15, 0.2) is 72.9 Å². The summed E-state index contributed by atoms with van der Waals surface area (Å²) in [6, 6.07) is 0. The molecule has 1 N–H and O–H groups in total. The normalized spacial score (nSPS) is 13.0. The van der Waals surface area contributed by atoms with Gasteiger partial charge in [0.25, 0.3) is 0 Å². The molecule has 48 heavy (non-hydrogen) atoms. The van der Waals surface area contributed by atoms with Crippen molar-refractivity contribution in [3.63, 3.8) is 0 Å². The van der Waals surface area contributed by atoms with Crippen LogP contribution >= 0.6 is 0 Å². The molecule has 0 aliphatic heterocycles. The molecule has 274 valence electrons. The van der Waals surface area contributed by atoms with Gasteiger partial charge in [0.2, 0.25) is 0 Å². The Kier molecular flexibility index (Phi) is 36.6.